The normalized spacial score (nSPS) is 18.6. The summed E-state index contributed by atoms with van der Waals surface area (Å²) in [5.41, 5.74) is 3.25. The summed E-state index contributed by atoms with van der Waals surface area (Å²) < 4.78 is 7.96. The summed E-state index contributed by atoms with van der Waals surface area (Å²) in [4.78, 5) is 23.8. The van der Waals surface area contributed by atoms with Crippen molar-refractivity contribution in [1.82, 2.24) is 24.6 Å². The molecule has 0 spiro atoms. The molecule has 7 nitrogen and oxygen atoms in total. The Bertz CT molecular complexity index is 978. The lowest BCUT2D eigenvalue weighted by Gasteiger charge is -2.31. The highest BCUT2D eigenvalue weighted by molar-refractivity contribution is 5.79. The molecule has 5 rings (SSSR count). The molecule has 1 unspecified atom stereocenters. The first-order valence-electron chi connectivity index (χ1n) is 9.92. The van der Waals surface area contributed by atoms with Gasteiger partial charge in [-0.15, -0.1) is 0 Å². The Morgan fingerprint density at radius 2 is 2.18 bits per heavy atom. The zero-order chi connectivity index (χ0) is 18.9. The van der Waals surface area contributed by atoms with Gasteiger partial charge in [-0.2, -0.15) is 5.10 Å². The molecular formula is C21H23N5O2. The molecule has 7 heteroatoms. The monoisotopic (exact) mass is 377 g/mol. The second kappa shape index (κ2) is 7.22. The van der Waals surface area contributed by atoms with Crippen LogP contribution < -0.4 is 0 Å². The van der Waals surface area contributed by atoms with Crippen molar-refractivity contribution in [2.45, 2.75) is 45.2 Å². The van der Waals surface area contributed by atoms with E-state index in [1.165, 1.54) is 5.56 Å². The minimum absolute atomic E-state index is 0.0442. The fourth-order valence-electron chi connectivity index (χ4n) is 4.18. The molecule has 2 aliphatic heterocycles. The molecule has 0 bridgehead atoms. The summed E-state index contributed by atoms with van der Waals surface area (Å²) in [6.07, 6.45) is 9.44. The molecule has 3 aromatic heterocycles. The van der Waals surface area contributed by atoms with E-state index in [2.05, 4.69) is 21.1 Å². The first-order chi connectivity index (χ1) is 13.8. The molecule has 0 aromatic carbocycles. The number of pyridine rings is 1. The fourth-order valence-corrected chi connectivity index (χ4v) is 4.18. The van der Waals surface area contributed by atoms with Gasteiger partial charge in [-0.25, -0.2) is 4.98 Å². The van der Waals surface area contributed by atoms with Crippen LogP contribution in [0.2, 0.25) is 0 Å². The van der Waals surface area contributed by atoms with E-state index in [-0.39, 0.29) is 11.8 Å². The number of carbonyl (C=O) groups excluding carboxylic acids is 1. The molecule has 0 aliphatic carbocycles. The average molecular weight is 377 g/mol. The maximum Gasteiger partial charge on any atom is 0.226 e. The predicted octanol–water partition coefficient (Wildman–Crippen LogP) is 2.20. The molecule has 3 aromatic rings. The first kappa shape index (κ1) is 17.2. The molecule has 5 heterocycles. The van der Waals surface area contributed by atoms with Crippen LogP contribution >= 0.6 is 0 Å². The van der Waals surface area contributed by atoms with Crippen LogP contribution in [0.15, 0.2) is 41.2 Å². The van der Waals surface area contributed by atoms with E-state index in [0.717, 1.165) is 61.7 Å². The van der Waals surface area contributed by atoms with Gasteiger partial charge in [0.15, 0.2) is 5.89 Å². The Balaban J connectivity index is 1.23. The molecule has 0 saturated heterocycles. The average Bonchev–Trinajstić information content (AvgIpc) is 3.37. The number of fused-ring (bicyclic) bond motifs is 2. The summed E-state index contributed by atoms with van der Waals surface area (Å²) in [6, 6.07) is 6.02. The lowest BCUT2D eigenvalue weighted by molar-refractivity contribution is -0.137. The van der Waals surface area contributed by atoms with Gasteiger partial charge in [-0.1, -0.05) is 6.07 Å². The van der Waals surface area contributed by atoms with Crippen molar-refractivity contribution in [2.75, 3.05) is 6.54 Å². The highest BCUT2D eigenvalue weighted by Crippen LogP contribution is 2.26. The molecule has 2 aliphatic rings. The summed E-state index contributed by atoms with van der Waals surface area (Å²) in [5.74, 6) is 1.97. The minimum Gasteiger partial charge on any atom is -0.445 e. The molecular weight excluding hydrogens is 354 g/mol. The lowest BCUT2D eigenvalue weighted by atomic mass is 9.94. The summed E-state index contributed by atoms with van der Waals surface area (Å²) >= 11 is 0. The van der Waals surface area contributed by atoms with Gasteiger partial charge in [0.1, 0.15) is 11.5 Å². The fraction of sp³-hybridized carbons (Fsp3) is 0.429. The third kappa shape index (κ3) is 3.32. The first-order valence-corrected chi connectivity index (χ1v) is 9.92. The number of hydrogen-bond acceptors (Lipinski definition) is 5. The van der Waals surface area contributed by atoms with E-state index in [1.807, 2.05) is 34.1 Å². The molecule has 0 radical (unpaired) electrons. The van der Waals surface area contributed by atoms with E-state index < -0.39 is 0 Å². The topological polar surface area (TPSA) is 77.0 Å². The number of aromatic nitrogens is 4. The van der Waals surface area contributed by atoms with Crippen molar-refractivity contribution in [3.05, 3.63) is 65.4 Å². The Hall–Kier alpha value is -2.96. The number of nitrogens with zero attached hydrogens (tertiary/aromatic N) is 5. The van der Waals surface area contributed by atoms with Crippen molar-refractivity contribution in [3.8, 4) is 0 Å². The number of carbonyl (C=O) groups is 1. The maximum absolute atomic E-state index is 13.0. The van der Waals surface area contributed by atoms with Crippen LogP contribution in [0.1, 0.15) is 35.0 Å². The van der Waals surface area contributed by atoms with Gasteiger partial charge in [0.25, 0.3) is 0 Å². The second-order valence-corrected chi connectivity index (χ2v) is 7.58. The van der Waals surface area contributed by atoms with Crippen LogP contribution in [-0.2, 0) is 43.6 Å². The molecule has 1 atom stereocenters. The van der Waals surface area contributed by atoms with Crippen LogP contribution in [0.5, 0.6) is 0 Å². The van der Waals surface area contributed by atoms with Gasteiger partial charge in [0.05, 0.1) is 6.54 Å². The van der Waals surface area contributed by atoms with Crippen LogP contribution in [-0.4, -0.2) is 37.1 Å². The SMILES string of the molecule is O=C(C1CCn2nccc2C1)N1CCc2oc(CCc3cccnc3)nc2C1. The van der Waals surface area contributed by atoms with Crippen molar-refractivity contribution in [1.29, 1.82) is 0 Å². The molecule has 144 valence electrons. The molecule has 28 heavy (non-hydrogen) atoms. The number of oxazole rings is 1. The van der Waals surface area contributed by atoms with Gasteiger partial charge in [-0.3, -0.25) is 14.5 Å². The van der Waals surface area contributed by atoms with Gasteiger partial charge in [0.2, 0.25) is 5.91 Å². The summed E-state index contributed by atoms with van der Waals surface area (Å²) in [7, 11) is 0. The second-order valence-electron chi connectivity index (χ2n) is 7.58. The smallest absolute Gasteiger partial charge is 0.226 e. The standard InChI is InChI=1S/C21H23N5O2/c27-21(16-6-11-26-17(12-16)5-9-23-26)25-10-7-19-18(14-25)24-20(28-19)4-3-15-2-1-8-22-13-15/h1-2,5,8-9,13,16H,3-4,6-7,10-12,14H2. The minimum atomic E-state index is 0.0442. The van der Waals surface area contributed by atoms with Crippen molar-refractivity contribution in [3.63, 3.8) is 0 Å². The zero-order valence-electron chi connectivity index (χ0n) is 15.8. The largest absolute Gasteiger partial charge is 0.445 e. The van der Waals surface area contributed by atoms with Gasteiger partial charge < -0.3 is 9.32 Å². The van der Waals surface area contributed by atoms with E-state index in [1.54, 1.807) is 6.20 Å². The van der Waals surface area contributed by atoms with Crippen LogP contribution in [0, 0.1) is 5.92 Å². The lowest BCUT2D eigenvalue weighted by Crippen LogP contribution is -2.41. The number of rotatable bonds is 4. The third-order valence-electron chi connectivity index (χ3n) is 5.73. The van der Waals surface area contributed by atoms with Crippen LogP contribution in [0.4, 0.5) is 0 Å². The Labute approximate surface area is 163 Å². The van der Waals surface area contributed by atoms with Crippen molar-refractivity contribution >= 4 is 5.91 Å². The maximum atomic E-state index is 13.0. The Morgan fingerprint density at radius 1 is 1.21 bits per heavy atom. The highest BCUT2D eigenvalue weighted by Gasteiger charge is 2.32. The highest BCUT2D eigenvalue weighted by atomic mass is 16.4. The van der Waals surface area contributed by atoms with Crippen LogP contribution in [0.3, 0.4) is 0 Å². The van der Waals surface area contributed by atoms with Crippen molar-refractivity contribution < 1.29 is 9.21 Å². The number of aryl methyl sites for hydroxylation is 3. The van der Waals surface area contributed by atoms with Crippen molar-refractivity contribution in [2.24, 2.45) is 5.92 Å². The molecule has 0 N–H and O–H groups in total. The Morgan fingerprint density at radius 3 is 3.07 bits per heavy atom. The third-order valence-corrected chi connectivity index (χ3v) is 5.73. The molecule has 0 saturated carbocycles. The molecule has 0 fully saturated rings. The van der Waals surface area contributed by atoms with E-state index >= 15 is 0 Å². The van der Waals surface area contributed by atoms with Gasteiger partial charge >= 0.3 is 0 Å². The summed E-state index contributed by atoms with van der Waals surface area (Å²) in [5, 5.41) is 4.30. The van der Waals surface area contributed by atoms with Gasteiger partial charge in [0, 0.05) is 62.6 Å². The number of hydrogen-bond donors (Lipinski definition) is 0. The summed E-state index contributed by atoms with van der Waals surface area (Å²) in [6.45, 7) is 2.08. The molecule has 1 amide bonds. The van der Waals surface area contributed by atoms with E-state index in [9.17, 15) is 4.79 Å². The zero-order valence-corrected chi connectivity index (χ0v) is 15.8. The number of amides is 1. The predicted molar refractivity (Wildman–Crippen MR) is 101 cm³/mol. The quantitative estimate of drug-likeness (QED) is 0.697. The van der Waals surface area contributed by atoms with E-state index in [0.29, 0.717) is 13.1 Å². The van der Waals surface area contributed by atoms with E-state index in [4.69, 9.17) is 4.42 Å². The van der Waals surface area contributed by atoms with Crippen LogP contribution in [0.25, 0.3) is 0 Å². The Kier molecular flexibility index (Phi) is 4.43. The van der Waals surface area contributed by atoms with Gasteiger partial charge in [-0.05, 0) is 30.5 Å².